The normalized spacial score (nSPS) is 12.0. The highest BCUT2D eigenvalue weighted by molar-refractivity contribution is 9.10. The number of amides is 1. The molecule has 1 aromatic carbocycles. The second kappa shape index (κ2) is 7.65. The van der Waals surface area contributed by atoms with Gasteiger partial charge < -0.3 is 11.1 Å². The molecule has 23 heavy (non-hydrogen) atoms. The number of nitrogens with one attached hydrogen (secondary N) is 2. The van der Waals surface area contributed by atoms with Gasteiger partial charge in [0.2, 0.25) is 0 Å². The summed E-state index contributed by atoms with van der Waals surface area (Å²) in [6, 6.07) is 6.77. The van der Waals surface area contributed by atoms with E-state index < -0.39 is 11.5 Å². The lowest BCUT2D eigenvalue weighted by atomic mass is 10.2. The second-order valence-electron chi connectivity index (χ2n) is 4.93. The molecular weight excluding hydrogens is 380 g/mol. The number of hydrogen-bond donors (Lipinski definition) is 3. The summed E-state index contributed by atoms with van der Waals surface area (Å²) >= 11 is 4.73. The summed E-state index contributed by atoms with van der Waals surface area (Å²) in [5.41, 5.74) is 5.74. The SMILES string of the molecule is CC[C@H](C)Sc1nc(N)c(NC(=O)c2ccc(Br)cc2)c(=O)[nH]1. The van der Waals surface area contributed by atoms with Crippen LogP contribution in [0.1, 0.15) is 30.6 Å². The number of anilines is 2. The molecule has 0 saturated heterocycles. The van der Waals surface area contributed by atoms with Crippen LogP contribution in [0.15, 0.2) is 38.7 Å². The van der Waals surface area contributed by atoms with Crippen LogP contribution in [0, 0.1) is 0 Å². The number of aromatic nitrogens is 2. The Kier molecular flexibility index (Phi) is 5.84. The van der Waals surface area contributed by atoms with E-state index in [1.54, 1.807) is 24.3 Å². The van der Waals surface area contributed by atoms with E-state index >= 15 is 0 Å². The lowest BCUT2D eigenvalue weighted by Crippen LogP contribution is -2.23. The van der Waals surface area contributed by atoms with E-state index in [-0.39, 0.29) is 11.5 Å². The van der Waals surface area contributed by atoms with Crippen molar-refractivity contribution in [3.63, 3.8) is 0 Å². The van der Waals surface area contributed by atoms with Crippen molar-refractivity contribution in [2.75, 3.05) is 11.1 Å². The quantitative estimate of drug-likeness (QED) is 0.531. The predicted octanol–water partition coefficient (Wildman–Crippen LogP) is 3.26. The van der Waals surface area contributed by atoms with E-state index in [0.717, 1.165) is 10.9 Å². The first-order chi connectivity index (χ1) is 10.9. The van der Waals surface area contributed by atoms with Gasteiger partial charge in [0.25, 0.3) is 11.5 Å². The third-order valence-corrected chi connectivity index (χ3v) is 4.84. The molecule has 6 nitrogen and oxygen atoms in total. The Balaban J connectivity index is 2.21. The minimum Gasteiger partial charge on any atom is -0.382 e. The topological polar surface area (TPSA) is 101 Å². The van der Waals surface area contributed by atoms with Crippen LogP contribution in [0.25, 0.3) is 0 Å². The number of rotatable bonds is 5. The summed E-state index contributed by atoms with van der Waals surface area (Å²) in [7, 11) is 0. The highest BCUT2D eigenvalue weighted by atomic mass is 79.9. The fraction of sp³-hybridized carbons (Fsp3) is 0.267. The van der Waals surface area contributed by atoms with Crippen molar-refractivity contribution in [2.45, 2.75) is 30.7 Å². The number of aromatic amines is 1. The smallest absolute Gasteiger partial charge is 0.277 e. The maximum absolute atomic E-state index is 12.2. The monoisotopic (exact) mass is 396 g/mol. The molecule has 0 unspecified atom stereocenters. The molecule has 0 aliphatic carbocycles. The Hall–Kier alpha value is -1.80. The molecule has 8 heteroatoms. The van der Waals surface area contributed by atoms with Gasteiger partial charge in [-0.25, -0.2) is 4.98 Å². The molecule has 4 N–H and O–H groups in total. The number of halogens is 1. The van der Waals surface area contributed by atoms with Gasteiger partial charge in [0.15, 0.2) is 11.0 Å². The number of carbonyl (C=O) groups excluding carboxylic acids is 1. The average molecular weight is 397 g/mol. The zero-order chi connectivity index (χ0) is 17.0. The van der Waals surface area contributed by atoms with Crippen molar-refractivity contribution in [3.8, 4) is 0 Å². The maximum Gasteiger partial charge on any atom is 0.277 e. The lowest BCUT2D eigenvalue weighted by molar-refractivity contribution is 0.102. The summed E-state index contributed by atoms with van der Waals surface area (Å²) in [4.78, 5) is 31.1. The number of nitrogens with zero attached hydrogens (tertiary/aromatic N) is 1. The Morgan fingerprint density at radius 3 is 2.65 bits per heavy atom. The third-order valence-electron chi connectivity index (χ3n) is 3.16. The number of carbonyl (C=O) groups is 1. The van der Waals surface area contributed by atoms with Crippen molar-refractivity contribution < 1.29 is 4.79 Å². The van der Waals surface area contributed by atoms with Crippen LogP contribution in [-0.2, 0) is 0 Å². The summed E-state index contributed by atoms with van der Waals surface area (Å²) in [5, 5.41) is 3.27. The molecule has 0 saturated carbocycles. The van der Waals surface area contributed by atoms with E-state index in [1.807, 2.05) is 13.8 Å². The van der Waals surface area contributed by atoms with Gasteiger partial charge in [-0.05, 0) is 30.7 Å². The highest BCUT2D eigenvalue weighted by Gasteiger charge is 2.15. The zero-order valence-corrected chi connectivity index (χ0v) is 15.1. The lowest BCUT2D eigenvalue weighted by Gasteiger charge is -2.10. The summed E-state index contributed by atoms with van der Waals surface area (Å²) in [5.74, 6) is -0.413. The Morgan fingerprint density at radius 2 is 2.09 bits per heavy atom. The van der Waals surface area contributed by atoms with Crippen molar-refractivity contribution in [1.82, 2.24) is 9.97 Å². The van der Waals surface area contributed by atoms with Crippen molar-refractivity contribution >= 4 is 45.1 Å². The minimum absolute atomic E-state index is 0.00464. The molecule has 2 rings (SSSR count). The molecule has 1 heterocycles. The molecule has 2 aromatic rings. The molecule has 1 aromatic heterocycles. The van der Waals surface area contributed by atoms with Gasteiger partial charge in [0.05, 0.1) is 0 Å². The second-order valence-corrected chi connectivity index (χ2v) is 7.27. The number of benzene rings is 1. The van der Waals surface area contributed by atoms with Crippen molar-refractivity contribution in [3.05, 3.63) is 44.7 Å². The molecule has 0 fully saturated rings. The van der Waals surface area contributed by atoms with E-state index in [4.69, 9.17) is 5.73 Å². The first kappa shape index (κ1) is 17.6. The molecule has 122 valence electrons. The maximum atomic E-state index is 12.2. The minimum atomic E-state index is -0.464. The summed E-state index contributed by atoms with van der Waals surface area (Å²) in [6.07, 6.45) is 0.941. The van der Waals surface area contributed by atoms with Gasteiger partial charge in [0, 0.05) is 15.3 Å². The van der Waals surface area contributed by atoms with Gasteiger partial charge in [0.1, 0.15) is 5.69 Å². The highest BCUT2D eigenvalue weighted by Crippen LogP contribution is 2.23. The first-order valence-electron chi connectivity index (χ1n) is 7.04. The first-order valence-corrected chi connectivity index (χ1v) is 8.71. The van der Waals surface area contributed by atoms with E-state index in [9.17, 15) is 9.59 Å². The van der Waals surface area contributed by atoms with Crippen LogP contribution in [0.3, 0.4) is 0 Å². The average Bonchev–Trinajstić information content (AvgIpc) is 2.51. The van der Waals surface area contributed by atoms with Gasteiger partial charge in [-0.2, -0.15) is 0 Å². The summed E-state index contributed by atoms with van der Waals surface area (Å²) < 4.78 is 0.861. The fourth-order valence-corrected chi connectivity index (χ4v) is 2.82. The van der Waals surface area contributed by atoms with Crippen LogP contribution < -0.4 is 16.6 Å². The Labute approximate surface area is 146 Å². The number of hydrogen-bond acceptors (Lipinski definition) is 5. The predicted molar refractivity (Wildman–Crippen MR) is 97.0 cm³/mol. The standard InChI is InChI=1S/C15H17BrN4O2S/c1-3-8(2)23-15-19-12(17)11(14(22)20-15)18-13(21)9-4-6-10(16)7-5-9/h4-8H,3H2,1-2H3,(H,18,21)(H3,17,19,20,22)/t8-/m0/s1. The molecule has 1 atom stereocenters. The summed E-state index contributed by atoms with van der Waals surface area (Å²) in [6.45, 7) is 4.08. The van der Waals surface area contributed by atoms with Crippen molar-refractivity contribution in [2.24, 2.45) is 0 Å². The largest absolute Gasteiger partial charge is 0.382 e. The van der Waals surface area contributed by atoms with E-state index in [0.29, 0.717) is 16.0 Å². The van der Waals surface area contributed by atoms with Crippen LogP contribution >= 0.6 is 27.7 Å². The van der Waals surface area contributed by atoms with Crippen LogP contribution in [0.5, 0.6) is 0 Å². The fourth-order valence-electron chi connectivity index (χ4n) is 1.71. The van der Waals surface area contributed by atoms with Gasteiger partial charge in [-0.15, -0.1) is 0 Å². The van der Waals surface area contributed by atoms with Gasteiger partial charge in [-0.3, -0.25) is 14.6 Å². The molecular formula is C15H17BrN4O2S. The van der Waals surface area contributed by atoms with Gasteiger partial charge in [-0.1, -0.05) is 41.5 Å². The number of nitrogens with two attached hydrogens (primary N) is 1. The number of nitrogen functional groups attached to an aromatic ring is 1. The van der Waals surface area contributed by atoms with Gasteiger partial charge >= 0.3 is 0 Å². The number of thioether (sulfide) groups is 1. The molecule has 0 aliphatic rings. The molecule has 0 bridgehead atoms. The molecule has 0 aliphatic heterocycles. The Bertz CT molecular complexity index is 761. The van der Waals surface area contributed by atoms with E-state index in [2.05, 4.69) is 31.2 Å². The Morgan fingerprint density at radius 1 is 1.43 bits per heavy atom. The number of H-pyrrole nitrogens is 1. The van der Waals surface area contributed by atoms with Crippen molar-refractivity contribution in [1.29, 1.82) is 0 Å². The third kappa shape index (κ3) is 4.59. The molecule has 0 radical (unpaired) electrons. The van der Waals surface area contributed by atoms with E-state index in [1.165, 1.54) is 11.8 Å². The zero-order valence-electron chi connectivity index (χ0n) is 12.7. The van der Waals surface area contributed by atoms with Crippen LogP contribution in [0.2, 0.25) is 0 Å². The molecule has 0 spiro atoms. The molecule has 1 amide bonds. The van der Waals surface area contributed by atoms with Crippen LogP contribution in [-0.4, -0.2) is 21.1 Å². The van der Waals surface area contributed by atoms with Crippen LogP contribution in [0.4, 0.5) is 11.5 Å².